The van der Waals surface area contributed by atoms with Crippen molar-refractivity contribution in [2.45, 2.75) is 25.5 Å². The average molecular weight is 389 g/mol. The molecule has 1 saturated heterocycles. The normalized spacial score (nSPS) is 15.6. The third-order valence-corrected chi connectivity index (χ3v) is 5.63. The molecule has 8 nitrogen and oxygen atoms in total. The molecule has 27 heavy (non-hydrogen) atoms. The molecule has 1 aliphatic heterocycles. The molecule has 0 bridgehead atoms. The monoisotopic (exact) mass is 389 g/mol. The Bertz CT molecular complexity index is 1190. The highest BCUT2D eigenvalue weighted by atomic mass is 31.2. The molecule has 0 aliphatic carbocycles. The largest absolute Gasteiger partial charge is 0.371 e. The van der Waals surface area contributed by atoms with E-state index in [1.807, 2.05) is 12.1 Å². The van der Waals surface area contributed by atoms with E-state index in [1.165, 1.54) is 6.42 Å². The van der Waals surface area contributed by atoms with Gasteiger partial charge in [-0.2, -0.15) is 0 Å². The first-order valence-corrected chi connectivity index (χ1v) is 10.6. The Morgan fingerprint density at radius 1 is 1.04 bits per heavy atom. The fourth-order valence-corrected chi connectivity index (χ4v) is 4.48. The van der Waals surface area contributed by atoms with Gasteiger partial charge < -0.3 is 19.7 Å². The lowest BCUT2D eigenvalue weighted by molar-refractivity contribution is 0.362. The van der Waals surface area contributed by atoms with Gasteiger partial charge in [-0.25, -0.2) is 0 Å². The second kappa shape index (κ2) is 6.64. The van der Waals surface area contributed by atoms with Crippen LogP contribution < -0.4 is 16.0 Å². The van der Waals surface area contributed by atoms with E-state index in [-0.39, 0.29) is 0 Å². The van der Waals surface area contributed by atoms with Gasteiger partial charge in [0.15, 0.2) is 0 Å². The van der Waals surface area contributed by atoms with Crippen molar-refractivity contribution in [2.75, 3.05) is 18.0 Å². The number of benzene rings is 2. The number of aromatic nitrogens is 2. The van der Waals surface area contributed by atoms with Crippen molar-refractivity contribution in [1.82, 2.24) is 9.55 Å². The number of nitrogens with zero attached hydrogens (tertiary/aromatic N) is 2. The van der Waals surface area contributed by atoms with Gasteiger partial charge in [-0.05, 0) is 25.3 Å². The molecule has 9 heteroatoms. The minimum absolute atomic E-state index is 0.333. The Labute approximate surface area is 154 Å². The van der Waals surface area contributed by atoms with Gasteiger partial charge in [0.05, 0.1) is 11.0 Å². The van der Waals surface area contributed by atoms with Crippen molar-refractivity contribution in [1.29, 1.82) is 0 Å². The maximum Gasteiger partial charge on any atom is 0.345 e. The summed E-state index contributed by atoms with van der Waals surface area (Å²) in [5, 5.41) is 1.56. The minimum atomic E-state index is -4.56. The summed E-state index contributed by atoms with van der Waals surface area (Å²) in [6.07, 6.45) is 2.52. The standard InChI is InChI=1S/C18H20N3O5P/c22-17-18(23)21(11-27(24,25)26)16-13-7-3-2-6-12(13)15(10-14(16)19-17)20-8-4-1-5-9-20/h2-3,6-7,10H,1,4-5,8-9,11H2,(H,19,22)(H2,24,25,26). The van der Waals surface area contributed by atoms with E-state index < -0.39 is 25.0 Å². The van der Waals surface area contributed by atoms with Crippen LogP contribution in [0.3, 0.4) is 0 Å². The Hall–Kier alpha value is -2.41. The molecule has 1 aromatic heterocycles. The molecule has 3 aromatic rings. The van der Waals surface area contributed by atoms with Crippen LogP contribution in [0.15, 0.2) is 39.9 Å². The minimum Gasteiger partial charge on any atom is -0.371 e. The summed E-state index contributed by atoms with van der Waals surface area (Å²) in [6.45, 7) is 1.81. The first-order valence-electron chi connectivity index (χ1n) is 8.83. The highest BCUT2D eigenvalue weighted by Crippen LogP contribution is 2.39. The summed E-state index contributed by atoms with van der Waals surface area (Å²) in [6, 6.07) is 9.23. The van der Waals surface area contributed by atoms with E-state index in [0.717, 1.165) is 41.6 Å². The lowest BCUT2D eigenvalue weighted by atomic mass is 10.0. The van der Waals surface area contributed by atoms with E-state index in [1.54, 1.807) is 18.2 Å². The molecule has 2 heterocycles. The summed E-state index contributed by atoms with van der Waals surface area (Å²) in [5.74, 6) is 0. The van der Waals surface area contributed by atoms with Crippen LogP contribution in [0.5, 0.6) is 0 Å². The Morgan fingerprint density at radius 3 is 2.37 bits per heavy atom. The van der Waals surface area contributed by atoms with Gasteiger partial charge in [0.25, 0.3) is 0 Å². The molecule has 3 N–H and O–H groups in total. The molecule has 0 unspecified atom stereocenters. The second-order valence-electron chi connectivity index (χ2n) is 6.88. The quantitative estimate of drug-likeness (QED) is 0.358. The predicted octanol–water partition coefficient (Wildman–Crippen LogP) is 1.97. The van der Waals surface area contributed by atoms with Crippen LogP contribution in [-0.2, 0) is 10.9 Å². The molecule has 0 amide bonds. The van der Waals surface area contributed by atoms with Crippen molar-refractivity contribution >= 4 is 35.1 Å². The van der Waals surface area contributed by atoms with E-state index in [4.69, 9.17) is 0 Å². The fourth-order valence-electron chi connectivity index (χ4n) is 3.84. The fraction of sp³-hybridized carbons (Fsp3) is 0.333. The van der Waals surface area contributed by atoms with Gasteiger partial charge in [0, 0.05) is 29.5 Å². The van der Waals surface area contributed by atoms with Crippen LogP contribution in [0, 0.1) is 0 Å². The molecule has 1 aliphatic rings. The highest BCUT2D eigenvalue weighted by molar-refractivity contribution is 7.50. The number of hydrogen-bond donors (Lipinski definition) is 3. The molecule has 4 rings (SSSR count). The maximum absolute atomic E-state index is 12.4. The summed E-state index contributed by atoms with van der Waals surface area (Å²) >= 11 is 0. The van der Waals surface area contributed by atoms with Crippen molar-refractivity contribution < 1.29 is 14.4 Å². The van der Waals surface area contributed by atoms with Crippen LogP contribution >= 0.6 is 7.60 Å². The molecule has 0 radical (unpaired) electrons. The number of H-pyrrole nitrogens is 1. The number of fused-ring (bicyclic) bond motifs is 3. The van der Waals surface area contributed by atoms with Crippen molar-refractivity contribution in [3.05, 3.63) is 51.0 Å². The zero-order valence-electron chi connectivity index (χ0n) is 14.6. The van der Waals surface area contributed by atoms with Gasteiger partial charge in [0.1, 0.15) is 6.29 Å². The van der Waals surface area contributed by atoms with Gasteiger partial charge in [0.2, 0.25) is 0 Å². The Morgan fingerprint density at radius 2 is 1.70 bits per heavy atom. The summed E-state index contributed by atoms with van der Waals surface area (Å²) in [7, 11) is -4.56. The Kier molecular flexibility index (Phi) is 4.42. The van der Waals surface area contributed by atoms with Gasteiger partial charge in [-0.3, -0.25) is 18.7 Å². The SMILES string of the molecule is O=c1[nH]c2cc(N3CCCCC3)c3ccccc3c2n(CP(=O)(O)O)c1=O. The maximum atomic E-state index is 12.4. The van der Waals surface area contributed by atoms with E-state index in [2.05, 4.69) is 9.88 Å². The van der Waals surface area contributed by atoms with Gasteiger partial charge >= 0.3 is 18.7 Å². The lowest BCUT2D eigenvalue weighted by Gasteiger charge is -2.30. The van der Waals surface area contributed by atoms with Crippen molar-refractivity contribution in [3.63, 3.8) is 0 Å². The number of aromatic amines is 1. The number of hydrogen-bond acceptors (Lipinski definition) is 4. The number of rotatable bonds is 3. The van der Waals surface area contributed by atoms with E-state index in [9.17, 15) is 23.9 Å². The van der Waals surface area contributed by atoms with Gasteiger partial charge in [-0.15, -0.1) is 0 Å². The van der Waals surface area contributed by atoms with E-state index >= 15 is 0 Å². The van der Waals surface area contributed by atoms with Crippen molar-refractivity contribution in [2.24, 2.45) is 0 Å². The number of piperidine rings is 1. The molecule has 142 valence electrons. The van der Waals surface area contributed by atoms with Crippen LogP contribution in [0.1, 0.15) is 19.3 Å². The molecule has 0 spiro atoms. The molecular formula is C18H20N3O5P. The highest BCUT2D eigenvalue weighted by Gasteiger charge is 2.22. The topological polar surface area (TPSA) is 116 Å². The smallest absolute Gasteiger partial charge is 0.345 e. The molecule has 0 atom stereocenters. The third-order valence-electron chi connectivity index (χ3n) is 4.97. The summed E-state index contributed by atoms with van der Waals surface area (Å²) in [5.41, 5.74) is -0.182. The first-order chi connectivity index (χ1) is 12.8. The summed E-state index contributed by atoms with van der Waals surface area (Å²) in [4.78, 5) is 48.1. The zero-order valence-corrected chi connectivity index (χ0v) is 15.5. The van der Waals surface area contributed by atoms with Crippen LogP contribution in [0.4, 0.5) is 5.69 Å². The van der Waals surface area contributed by atoms with E-state index in [0.29, 0.717) is 16.4 Å². The first kappa shape index (κ1) is 18.0. The van der Waals surface area contributed by atoms with Crippen LogP contribution in [0.25, 0.3) is 21.8 Å². The predicted molar refractivity (Wildman–Crippen MR) is 104 cm³/mol. The molecule has 1 fully saturated rings. The molecule has 0 saturated carbocycles. The Balaban J connectivity index is 2.10. The third kappa shape index (κ3) is 3.32. The average Bonchev–Trinajstić information content (AvgIpc) is 2.64. The number of nitrogens with one attached hydrogen (secondary N) is 1. The van der Waals surface area contributed by atoms with Crippen LogP contribution in [0.2, 0.25) is 0 Å². The van der Waals surface area contributed by atoms with Gasteiger partial charge in [-0.1, -0.05) is 24.3 Å². The lowest BCUT2D eigenvalue weighted by Crippen LogP contribution is -2.36. The van der Waals surface area contributed by atoms with Crippen molar-refractivity contribution in [3.8, 4) is 0 Å². The number of anilines is 1. The summed E-state index contributed by atoms with van der Waals surface area (Å²) < 4.78 is 12.5. The zero-order chi connectivity index (χ0) is 19.2. The molecule has 2 aromatic carbocycles. The van der Waals surface area contributed by atoms with Crippen LogP contribution in [-0.4, -0.2) is 32.4 Å². The molecular weight excluding hydrogens is 369 g/mol. The second-order valence-corrected chi connectivity index (χ2v) is 8.49.